The molecule has 2 aromatic heterocycles. The van der Waals surface area contributed by atoms with Gasteiger partial charge in [-0.15, -0.1) is 11.8 Å². The maximum Gasteiger partial charge on any atom is 0.280 e. The lowest BCUT2D eigenvalue weighted by Gasteiger charge is -2.26. The Labute approximate surface area is 226 Å². The fourth-order valence-electron chi connectivity index (χ4n) is 4.07. The number of guanidine groups is 1. The summed E-state index contributed by atoms with van der Waals surface area (Å²) in [5.41, 5.74) is 14.2. The molecular formula is C25H20F2N10OS. The molecule has 1 aliphatic heterocycles. The van der Waals surface area contributed by atoms with Crippen molar-refractivity contribution in [3.8, 4) is 24.1 Å². The van der Waals surface area contributed by atoms with Gasteiger partial charge in [-0.05, 0) is 36.2 Å². The van der Waals surface area contributed by atoms with E-state index in [1.807, 2.05) is 12.1 Å². The highest BCUT2D eigenvalue weighted by atomic mass is 32.2. The van der Waals surface area contributed by atoms with Gasteiger partial charge in [-0.3, -0.25) is 5.32 Å². The summed E-state index contributed by atoms with van der Waals surface area (Å²) in [5.74, 6) is 0.970. The van der Waals surface area contributed by atoms with Crippen molar-refractivity contribution in [2.45, 2.75) is 30.2 Å². The third-order valence-electron chi connectivity index (χ3n) is 5.88. The number of anilines is 3. The molecule has 196 valence electrons. The van der Waals surface area contributed by atoms with Gasteiger partial charge >= 0.3 is 0 Å². The number of benzene rings is 1. The lowest BCUT2D eigenvalue weighted by molar-refractivity contribution is 0.145. The van der Waals surface area contributed by atoms with Gasteiger partial charge in [0.15, 0.2) is 6.19 Å². The molecule has 0 spiro atoms. The number of fused-ring (bicyclic) bond motifs is 1. The number of hydrogen-bond donors (Lipinski definition) is 4. The molecule has 1 unspecified atom stereocenters. The average molecular weight is 547 g/mol. The third-order valence-corrected chi connectivity index (χ3v) is 6.90. The predicted octanol–water partition coefficient (Wildman–Crippen LogP) is 3.87. The summed E-state index contributed by atoms with van der Waals surface area (Å²) in [4.78, 5) is 12.8. The van der Waals surface area contributed by atoms with Crippen LogP contribution in [-0.4, -0.2) is 23.0 Å². The smallest absolute Gasteiger partial charge is 0.280 e. The van der Waals surface area contributed by atoms with E-state index in [1.54, 1.807) is 31.3 Å². The lowest BCUT2D eigenvalue weighted by atomic mass is 9.94. The Balaban J connectivity index is 1.79. The molecular weight excluding hydrogens is 526 g/mol. The molecule has 1 aromatic carbocycles. The van der Waals surface area contributed by atoms with Crippen molar-refractivity contribution in [3.05, 3.63) is 63.3 Å². The number of hydrogen-bond acceptors (Lipinski definition) is 12. The number of nitrogen functional groups attached to an aromatic ring is 2. The Kier molecular flexibility index (Phi) is 7.65. The summed E-state index contributed by atoms with van der Waals surface area (Å²) < 4.78 is 32.2. The number of nitrogens with zero attached hydrogens (tertiary/aromatic N) is 6. The minimum atomic E-state index is -2.78. The van der Waals surface area contributed by atoms with E-state index in [9.17, 15) is 19.3 Å². The van der Waals surface area contributed by atoms with E-state index in [2.05, 4.69) is 25.6 Å². The fraction of sp³-hybridized carbons (Fsp3) is 0.200. The largest absolute Gasteiger partial charge is 0.496 e. The highest BCUT2D eigenvalue weighted by Gasteiger charge is 2.30. The van der Waals surface area contributed by atoms with E-state index in [0.717, 1.165) is 11.8 Å². The number of aryl methyl sites for hydroxylation is 1. The van der Waals surface area contributed by atoms with Gasteiger partial charge in [-0.25, -0.2) is 23.7 Å². The molecule has 11 nitrogen and oxygen atoms in total. The number of nitrogens with two attached hydrogens (primary N) is 2. The monoisotopic (exact) mass is 546 g/mol. The first kappa shape index (κ1) is 26.9. The molecule has 0 saturated heterocycles. The number of alkyl halides is 2. The van der Waals surface area contributed by atoms with Crippen LogP contribution in [0.1, 0.15) is 51.5 Å². The minimum absolute atomic E-state index is 0.00104. The summed E-state index contributed by atoms with van der Waals surface area (Å²) in [6.45, 7) is 1.58. The van der Waals surface area contributed by atoms with Crippen LogP contribution in [0.5, 0.6) is 5.75 Å². The number of nitriles is 3. The number of thioether (sulfide) groups is 1. The number of nitrogens with one attached hydrogen (secondary N) is 2. The zero-order valence-corrected chi connectivity index (χ0v) is 21.4. The van der Waals surface area contributed by atoms with Crippen LogP contribution < -0.4 is 26.8 Å². The second-order valence-corrected chi connectivity index (χ2v) is 9.18. The van der Waals surface area contributed by atoms with Crippen LogP contribution in [0, 0.1) is 41.0 Å². The molecule has 0 fully saturated rings. The first-order valence-corrected chi connectivity index (χ1v) is 12.2. The molecule has 0 amide bonds. The van der Waals surface area contributed by atoms with Crippen molar-refractivity contribution >= 4 is 35.0 Å². The Hall–Kier alpha value is -5.13. The van der Waals surface area contributed by atoms with Gasteiger partial charge in [-0.2, -0.15) is 15.8 Å². The number of pyridine rings is 2. The molecule has 1 aliphatic rings. The average Bonchev–Trinajstić information content (AvgIpc) is 2.91. The summed E-state index contributed by atoms with van der Waals surface area (Å²) in [5, 5.41) is 33.7. The van der Waals surface area contributed by atoms with E-state index >= 15 is 0 Å². The number of aliphatic imine (C=N–C) groups is 1. The predicted molar refractivity (Wildman–Crippen MR) is 141 cm³/mol. The quantitative estimate of drug-likeness (QED) is 0.199. The molecule has 14 heteroatoms. The number of aromatic nitrogens is 2. The van der Waals surface area contributed by atoms with Gasteiger partial charge in [-0.1, -0.05) is 6.07 Å². The van der Waals surface area contributed by atoms with Crippen LogP contribution in [0.15, 0.2) is 34.3 Å². The van der Waals surface area contributed by atoms with Gasteiger partial charge < -0.3 is 21.5 Å². The third kappa shape index (κ3) is 5.17. The van der Waals surface area contributed by atoms with E-state index < -0.39 is 18.2 Å². The highest BCUT2D eigenvalue weighted by molar-refractivity contribution is 7.98. The van der Waals surface area contributed by atoms with E-state index in [1.165, 1.54) is 13.2 Å². The molecule has 0 bridgehead atoms. The number of ether oxygens (including phenoxy) is 1. The molecule has 3 aromatic rings. The van der Waals surface area contributed by atoms with Gasteiger partial charge in [0.05, 0.1) is 18.4 Å². The van der Waals surface area contributed by atoms with Crippen molar-refractivity contribution in [1.82, 2.24) is 15.3 Å². The van der Waals surface area contributed by atoms with E-state index in [0.29, 0.717) is 28.0 Å². The topological polar surface area (TPSA) is 195 Å². The Morgan fingerprint density at radius 2 is 1.90 bits per heavy atom. The van der Waals surface area contributed by atoms with Crippen LogP contribution in [0.25, 0.3) is 0 Å². The van der Waals surface area contributed by atoms with Crippen LogP contribution in [-0.2, 0) is 5.75 Å². The van der Waals surface area contributed by atoms with Crippen LogP contribution in [0.2, 0.25) is 0 Å². The van der Waals surface area contributed by atoms with Crippen LogP contribution in [0.4, 0.5) is 26.1 Å². The van der Waals surface area contributed by atoms with E-state index in [4.69, 9.17) is 21.5 Å². The summed E-state index contributed by atoms with van der Waals surface area (Å²) >= 11 is 1.11. The summed E-state index contributed by atoms with van der Waals surface area (Å²) in [7, 11) is 1.49. The second kappa shape index (κ2) is 11.1. The molecule has 39 heavy (non-hydrogen) atoms. The fourth-order valence-corrected chi connectivity index (χ4v) is 5.11. The number of rotatable bonds is 6. The Morgan fingerprint density at radius 3 is 2.54 bits per heavy atom. The van der Waals surface area contributed by atoms with Gasteiger partial charge in [0.25, 0.3) is 6.43 Å². The van der Waals surface area contributed by atoms with Crippen molar-refractivity contribution in [1.29, 1.82) is 15.8 Å². The first-order chi connectivity index (χ1) is 18.7. The molecule has 0 radical (unpaired) electrons. The van der Waals surface area contributed by atoms with Gasteiger partial charge in [0.2, 0.25) is 5.96 Å². The highest BCUT2D eigenvalue weighted by Crippen LogP contribution is 2.42. The molecule has 4 rings (SSSR count). The molecule has 1 atom stereocenters. The first-order valence-electron chi connectivity index (χ1n) is 11.2. The van der Waals surface area contributed by atoms with Crippen LogP contribution in [0.3, 0.4) is 0 Å². The minimum Gasteiger partial charge on any atom is -0.496 e. The molecule has 0 saturated carbocycles. The van der Waals surface area contributed by atoms with Gasteiger partial charge in [0.1, 0.15) is 51.8 Å². The van der Waals surface area contributed by atoms with Crippen LogP contribution >= 0.6 is 11.8 Å². The molecule has 6 N–H and O–H groups in total. The number of halogens is 2. The SMILES string of the molecule is COc1ccc(C2N=C(NC#N)Nc3nc(N)c(C#N)c(N)c32)cc1CSc1nc(C(F)F)cc(C)c1C#N. The normalized spacial score (nSPS) is 13.8. The van der Waals surface area contributed by atoms with Crippen molar-refractivity contribution in [2.24, 2.45) is 4.99 Å². The zero-order valence-electron chi connectivity index (χ0n) is 20.6. The number of methoxy groups -OCH3 is 1. The standard InChI is InChI=1S/C25H20F2N10OS/c1-11-5-16(21(26)27)34-24(14(11)7-28)39-9-13-6-12(3-4-17(13)38-2)20-18-19(31)15(8-29)22(32)36-23(18)37-25(35-20)33-10-30/h3-6,20-21H,9H2,1-2H3,(H6,31,32,33,35,36,37). The summed E-state index contributed by atoms with van der Waals surface area (Å²) in [6, 6.07) is 9.61. The Morgan fingerprint density at radius 1 is 1.15 bits per heavy atom. The maximum atomic E-state index is 13.4. The molecule has 0 aliphatic carbocycles. The molecule has 3 heterocycles. The van der Waals surface area contributed by atoms with Crippen molar-refractivity contribution in [3.63, 3.8) is 0 Å². The Bertz CT molecular complexity index is 1620. The zero-order chi connectivity index (χ0) is 28.3. The van der Waals surface area contributed by atoms with E-state index in [-0.39, 0.29) is 45.2 Å². The van der Waals surface area contributed by atoms with Gasteiger partial charge in [0, 0.05) is 16.9 Å². The lowest BCUT2D eigenvalue weighted by Crippen LogP contribution is -2.32. The van der Waals surface area contributed by atoms with Crippen molar-refractivity contribution in [2.75, 3.05) is 23.9 Å². The van der Waals surface area contributed by atoms with Crippen molar-refractivity contribution < 1.29 is 13.5 Å². The maximum absolute atomic E-state index is 13.4. The summed E-state index contributed by atoms with van der Waals surface area (Å²) in [6.07, 6.45) is -0.991. The second-order valence-electron chi connectivity index (χ2n) is 8.22.